The van der Waals surface area contributed by atoms with E-state index in [0.29, 0.717) is 16.6 Å². The second kappa shape index (κ2) is 5.31. The highest BCUT2D eigenvalue weighted by Gasteiger charge is 2.20. The van der Waals surface area contributed by atoms with E-state index in [1.807, 2.05) is 10.8 Å². The van der Waals surface area contributed by atoms with E-state index in [0.717, 1.165) is 31.6 Å². The Bertz CT molecular complexity index is 576. The molecule has 1 aliphatic heterocycles. The van der Waals surface area contributed by atoms with Crippen molar-refractivity contribution < 1.29 is 4.39 Å². The van der Waals surface area contributed by atoms with Crippen molar-refractivity contribution in [3.63, 3.8) is 0 Å². The number of nitrogens with zero attached hydrogens (tertiary/aromatic N) is 2. The smallest absolute Gasteiger partial charge is 0.125 e. The van der Waals surface area contributed by atoms with E-state index < -0.39 is 0 Å². The van der Waals surface area contributed by atoms with Crippen LogP contribution in [0.25, 0.3) is 5.69 Å². The molecule has 1 aromatic carbocycles. The van der Waals surface area contributed by atoms with Crippen molar-refractivity contribution in [3.05, 3.63) is 47.3 Å². The zero-order valence-electron chi connectivity index (χ0n) is 10.4. The summed E-state index contributed by atoms with van der Waals surface area (Å²) in [5.74, 6) is 0.160. The number of imidazole rings is 1. The molecule has 0 unspecified atom stereocenters. The number of rotatable bonds is 2. The number of nitrogens with one attached hydrogen (secondary N) is 1. The van der Waals surface area contributed by atoms with Crippen molar-refractivity contribution in [2.75, 3.05) is 13.1 Å². The standard InChI is InChI=1S/C14H15ClFN3/c15-12-2-1-11(16)7-13(12)19-9-18-8-14(19)10-3-5-17-6-4-10/h1-2,7-10,17H,3-6H2. The second-order valence-corrected chi connectivity index (χ2v) is 5.22. The van der Waals surface area contributed by atoms with Crippen molar-refractivity contribution in [1.29, 1.82) is 0 Å². The van der Waals surface area contributed by atoms with Crippen LogP contribution in [0.15, 0.2) is 30.7 Å². The van der Waals surface area contributed by atoms with E-state index in [-0.39, 0.29) is 5.82 Å². The van der Waals surface area contributed by atoms with Gasteiger partial charge in [0.05, 0.1) is 17.0 Å². The lowest BCUT2D eigenvalue weighted by atomic mass is 9.95. The minimum absolute atomic E-state index is 0.288. The van der Waals surface area contributed by atoms with Gasteiger partial charge in [-0.3, -0.25) is 0 Å². The van der Waals surface area contributed by atoms with Crippen molar-refractivity contribution in [3.8, 4) is 5.69 Å². The second-order valence-electron chi connectivity index (χ2n) is 4.81. The van der Waals surface area contributed by atoms with Gasteiger partial charge in [0.15, 0.2) is 0 Å². The van der Waals surface area contributed by atoms with Crippen LogP contribution in [-0.2, 0) is 0 Å². The molecule has 100 valence electrons. The molecular weight excluding hydrogens is 265 g/mol. The Morgan fingerprint density at radius 1 is 1.32 bits per heavy atom. The normalized spacial score (nSPS) is 16.7. The van der Waals surface area contributed by atoms with Crippen LogP contribution in [0.2, 0.25) is 5.02 Å². The zero-order chi connectivity index (χ0) is 13.2. The molecule has 2 aromatic rings. The van der Waals surface area contributed by atoms with Gasteiger partial charge in [0.25, 0.3) is 0 Å². The first-order chi connectivity index (χ1) is 9.25. The number of benzene rings is 1. The molecule has 2 heterocycles. The van der Waals surface area contributed by atoms with Crippen LogP contribution in [-0.4, -0.2) is 22.6 Å². The van der Waals surface area contributed by atoms with E-state index >= 15 is 0 Å². The van der Waals surface area contributed by atoms with Gasteiger partial charge in [0.1, 0.15) is 5.82 Å². The maximum atomic E-state index is 13.4. The Labute approximate surface area is 116 Å². The monoisotopic (exact) mass is 279 g/mol. The molecule has 3 rings (SSSR count). The first-order valence-electron chi connectivity index (χ1n) is 6.44. The predicted molar refractivity (Wildman–Crippen MR) is 73.4 cm³/mol. The summed E-state index contributed by atoms with van der Waals surface area (Å²) in [4.78, 5) is 4.21. The fourth-order valence-corrected chi connectivity index (χ4v) is 2.81. The molecule has 1 N–H and O–H groups in total. The highest BCUT2D eigenvalue weighted by atomic mass is 35.5. The Hall–Kier alpha value is -1.39. The highest BCUT2D eigenvalue weighted by molar-refractivity contribution is 6.32. The van der Waals surface area contributed by atoms with E-state index in [4.69, 9.17) is 11.6 Å². The van der Waals surface area contributed by atoms with Crippen LogP contribution in [0.5, 0.6) is 0 Å². The Morgan fingerprint density at radius 2 is 2.11 bits per heavy atom. The average Bonchev–Trinajstić information content (AvgIpc) is 2.91. The molecule has 0 bridgehead atoms. The van der Waals surface area contributed by atoms with Crippen LogP contribution in [0, 0.1) is 5.82 Å². The number of hydrogen-bond acceptors (Lipinski definition) is 2. The molecule has 5 heteroatoms. The van der Waals surface area contributed by atoms with Gasteiger partial charge in [-0.25, -0.2) is 9.37 Å². The van der Waals surface area contributed by atoms with Gasteiger partial charge in [0.2, 0.25) is 0 Å². The Kier molecular flexibility index (Phi) is 3.53. The third kappa shape index (κ3) is 2.51. The molecule has 1 fully saturated rings. The highest BCUT2D eigenvalue weighted by Crippen LogP contribution is 2.29. The molecule has 1 aliphatic rings. The van der Waals surface area contributed by atoms with Crippen LogP contribution in [0.4, 0.5) is 4.39 Å². The van der Waals surface area contributed by atoms with E-state index in [2.05, 4.69) is 10.3 Å². The lowest BCUT2D eigenvalue weighted by Crippen LogP contribution is -2.27. The van der Waals surface area contributed by atoms with Gasteiger partial charge in [0, 0.05) is 17.8 Å². The molecule has 1 saturated heterocycles. The molecule has 0 amide bonds. The van der Waals surface area contributed by atoms with Crippen molar-refractivity contribution in [2.24, 2.45) is 0 Å². The first kappa shape index (κ1) is 12.6. The fraction of sp³-hybridized carbons (Fsp3) is 0.357. The minimum Gasteiger partial charge on any atom is -0.317 e. The molecule has 19 heavy (non-hydrogen) atoms. The summed E-state index contributed by atoms with van der Waals surface area (Å²) < 4.78 is 15.3. The van der Waals surface area contributed by atoms with Crippen molar-refractivity contribution in [1.82, 2.24) is 14.9 Å². The lowest BCUT2D eigenvalue weighted by Gasteiger charge is -2.24. The summed E-state index contributed by atoms with van der Waals surface area (Å²) in [6, 6.07) is 4.40. The van der Waals surface area contributed by atoms with Gasteiger partial charge < -0.3 is 9.88 Å². The maximum absolute atomic E-state index is 13.4. The summed E-state index contributed by atoms with van der Waals surface area (Å²) in [7, 11) is 0. The molecule has 0 radical (unpaired) electrons. The van der Waals surface area contributed by atoms with Gasteiger partial charge in [-0.15, -0.1) is 0 Å². The van der Waals surface area contributed by atoms with Crippen LogP contribution >= 0.6 is 11.6 Å². The van der Waals surface area contributed by atoms with Crippen molar-refractivity contribution >= 4 is 11.6 Å². The zero-order valence-corrected chi connectivity index (χ0v) is 11.2. The largest absolute Gasteiger partial charge is 0.317 e. The summed E-state index contributed by atoms with van der Waals surface area (Å²) in [6.45, 7) is 2.01. The van der Waals surface area contributed by atoms with Gasteiger partial charge >= 0.3 is 0 Å². The number of piperidine rings is 1. The predicted octanol–water partition coefficient (Wildman–Crippen LogP) is 3.13. The van der Waals surface area contributed by atoms with Crippen LogP contribution in [0.3, 0.4) is 0 Å². The Balaban J connectivity index is 2.01. The molecule has 1 aromatic heterocycles. The van der Waals surface area contributed by atoms with E-state index in [1.54, 1.807) is 12.4 Å². The summed E-state index contributed by atoms with van der Waals surface area (Å²) in [5, 5.41) is 3.88. The first-order valence-corrected chi connectivity index (χ1v) is 6.82. The average molecular weight is 280 g/mol. The van der Waals surface area contributed by atoms with Crippen LogP contribution in [0.1, 0.15) is 24.5 Å². The van der Waals surface area contributed by atoms with Gasteiger partial charge in [-0.05, 0) is 44.1 Å². The molecular formula is C14H15ClFN3. The van der Waals surface area contributed by atoms with E-state index in [1.165, 1.54) is 12.1 Å². The number of halogens is 2. The van der Waals surface area contributed by atoms with Gasteiger partial charge in [-0.2, -0.15) is 0 Å². The molecule has 3 nitrogen and oxygen atoms in total. The summed E-state index contributed by atoms with van der Waals surface area (Å²) in [6.07, 6.45) is 5.70. The molecule has 0 spiro atoms. The molecule has 0 aliphatic carbocycles. The lowest BCUT2D eigenvalue weighted by molar-refractivity contribution is 0.449. The maximum Gasteiger partial charge on any atom is 0.125 e. The number of hydrogen-bond donors (Lipinski definition) is 1. The molecule has 0 atom stereocenters. The third-order valence-electron chi connectivity index (χ3n) is 3.59. The Morgan fingerprint density at radius 3 is 2.89 bits per heavy atom. The topological polar surface area (TPSA) is 29.9 Å². The molecule has 0 saturated carbocycles. The quantitative estimate of drug-likeness (QED) is 0.915. The number of aromatic nitrogens is 2. The fourth-order valence-electron chi connectivity index (χ4n) is 2.60. The van der Waals surface area contributed by atoms with E-state index in [9.17, 15) is 4.39 Å². The minimum atomic E-state index is -0.288. The SMILES string of the molecule is Fc1ccc(Cl)c(-n2cncc2C2CCNCC2)c1. The summed E-state index contributed by atoms with van der Waals surface area (Å²) in [5.41, 5.74) is 1.77. The van der Waals surface area contributed by atoms with Gasteiger partial charge in [-0.1, -0.05) is 11.6 Å². The third-order valence-corrected chi connectivity index (χ3v) is 3.91. The summed E-state index contributed by atoms with van der Waals surface area (Å²) >= 11 is 6.17. The van der Waals surface area contributed by atoms with Crippen LogP contribution < -0.4 is 5.32 Å². The van der Waals surface area contributed by atoms with Crippen molar-refractivity contribution in [2.45, 2.75) is 18.8 Å².